The molecule has 4 nitrogen and oxygen atoms in total. The van der Waals surface area contributed by atoms with Gasteiger partial charge in [0.25, 0.3) is 0 Å². The van der Waals surface area contributed by atoms with Gasteiger partial charge in [0, 0.05) is 18.5 Å². The lowest BCUT2D eigenvalue weighted by atomic mass is 10.2. The molecule has 0 unspecified atom stereocenters. The van der Waals surface area contributed by atoms with Crippen molar-refractivity contribution in [3.63, 3.8) is 0 Å². The highest BCUT2D eigenvalue weighted by Crippen LogP contribution is 2.28. The number of hydrogen-bond acceptors (Lipinski definition) is 4. The molecular weight excluding hydrogens is 293 g/mol. The van der Waals surface area contributed by atoms with E-state index in [-0.39, 0.29) is 10.9 Å². The van der Waals surface area contributed by atoms with Gasteiger partial charge in [-0.1, -0.05) is 25.4 Å². The van der Waals surface area contributed by atoms with E-state index in [1.807, 2.05) is 20.9 Å². The zero-order valence-electron chi connectivity index (χ0n) is 12.2. The number of nitrogens with zero attached hydrogens (tertiary/aromatic N) is 2. The molecule has 1 aromatic carbocycles. The molecule has 0 saturated heterocycles. The highest BCUT2D eigenvalue weighted by Gasteiger charge is 2.12. The number of ether oxygens (including phenoxy) is 1. The van der Waals surface area contributed by atoms with Crippen molar-refractivity contribution in [3.05, 3.63) is 46.8 Å². The monoisotopic (exact) mass is 309 g/mol. The van der Waals surface area contributed by atoms with E-state index in [0.717, 1.165) is 11.5 Å². The van der Waals surface area contributed by atoms with Crippen LogP contribution < -0.4 is 10.1 Å². The van der Waals surface area contributed by atoms with Crippen LogP contribution in [-0.4, -0.2) is 17.0 Å². The van der Waals surface area contributed by atoms with Gasteiger partial charge in [-0.25, -0.2) is 14.4 Å². The molecule has 0 amide bonds. The lowest BCUT2D eigenvalue weighted by molar-refractivity contribution is 0.463. The van der Waals surface area contributed by atoms with E-state index >= 15 is 0 Å². The van der Waals surface area contributed by atoms with Crippen molar-refractivity contribution in [3.8, 4) is 11.5 Å². The Morgan fingerprint density at radius 2 is 2.14 bits per heavy atom. The van der Waals surface area contributed by atoms with Crippen LogP contribution in [0.2, 0.25) is 5.02 Å². The number of benzene rings is 1. The summed E-state index contributed by atoms with van der Waals surface area (Å²) >= 11 is 5.75. The predicted molar refractivity (Wildman–Crippen MR) is 80.4 cm³/mol. The van der Waals surface area contributed by atoms with E-state index in [0.29, 0.717) is 18.0 Å². The Morgan fingerprint density at radius 1 is 1.38 bits per heavy atom. The van der Waals surface area contributed by atoms with Crippen molar-refractivity contribution >= 4 is 11.6 Å². The minimum Gasteiger partial charge on any atom is -0.454 e. The highest BCUT2D eigenvalue weighted by atomic mass is 35.5. The van der Waals surface area contributed by atoms with Crippen molar-refractivity contribution in [2.45, 2.75) is 26.3 Å². The van der Waals surface area contributed by atoms with Gasteiger partial charge in [0.2, 0.25) is 0 Å². The standard InChI is InChI=1S/C15H17ClFN3O/c1-9(2)15-19-8-14(13(20-15)7-18-3)21-10-4-5-12(17)11(16)6-10/h4-6,8-9,18H,7H2,1-3H3. The molecule has 0 spiro atoms. The largest absolute Gasteiger partial charge is 0.454 e. The Balaban J connectivity index is 2.31. The first-order valence-corrected chi connectivity index (χ1v) is 7.02. The molecular formula is C15H17ClFN3O. The number of aromatic nitrogens is 2. The van der Waals surface area contributed by atoms with Crippen molar-refractivity contribution in [2.75, 3.05) is 7.05 Å². The number of rotatable bonds is 5. The topological polar surface area (TPSA) is 47.0 Å². The summed E-state index contributed by atoms with van der Waals surface area (Å²) in [6, 6.07) is 4.20. The summed E-state index contributed by atoms with van der Waals surface area (Å²) in [7, 11) is 1.83. The van der Waals surface area contributed by atoms with Crippen LogP contribution >= 0.6 is 11.6 Å². The van der Waals surface area contributed by atoms with Crippen LogP contribution in [0, 0.1) is 5.82 Å². The van der Waals surface area contributed by atoms with Gasteiger partial charge in [-0.15, -0.1) is 0 Å². The normalized spacial score (nSPS) is 11.0. The van der Waals surface area contributed by atoms with Crippen LogP contribution in [0.1, 0.15) is 31.3 Å². The molecule has 6 heteroatoms. The zero-order chi connectivity index (χ0) is 15.4. The Labute approximate surface area is 128 Å². The Kier molecular flexibility index (Phi) is 5.09. The van der Waals surface area contributed by atoms with Crippen LogP contribution in [0.3, 0.4) is 0 Å². The maximum atomic E-state index is 13.2. The molecule has 0 aliphatic heterocycles. The number of halogens is 2. The van der Waals surface area contributed by atoms with E-state index in [1.54, 1.807) is 6.20 Å². The second-order valence-corrected chi connectivity index (χ2v) is 5.31. The Hall–Kier alpha value is -1.72. The lowest BCUT2D eigenvalue weighted by Crippen LogP contribution is -2.11. The maximum absolute atomic E-state index is 13.2. The molecule has 0 radical (unpaired) electrons. The minimum absolute atomic E-state index is 0.0161. The van der Waals surface area contributed by atoms with Crippen molar-refractivity contribution in [2.24, 2.45) is 0 Å². The van der Waals surface area contributed by atoms with Gasteiger partial charge in [-0.05, 0) is 19.2 Å². The molecule has 112 valence electrons. The second kappa shape index (κ2) is 6.83. The fraction of sp³-hybridized carbons (Fsp3) is 0.333. The molecule has 2 aromatic rings. The molecule has 1 heterocycles. The summed E-state index contributed by atoms with van der Waals surface area (Å²) in [6.07, 6.45) is 1.63. The van der Waals surface area contributed by atoms with Gasteiger partial charge in [0.05, 0.1) is 11.2 Å². The number of nitrogens with one attached hydrogen (secondary N) is 1. The summed E-state index contributed by atoms with van der Waals surface area (Å²) in [4.78, 5) is 8.78. The molecule has 0 saturated carbocycles. The fourth-order valence-corrected chi connectivity index (χ4v) is 1.92. The summed E-state index contributed by atoms with van der Waals surface area (Å²) in [5.41, 5.74) is 0.747. The molecule has 0 bridgehead atoms. The molecule has 1 aromatic heterocycles. The SMILES string of the molecule is CNCc1nc(C(C)C)ncc1Oc1ccc(F)c(Cl)c1. The number of hydrogen-bond donors (Lipinski definition) is 1. The van der Waals surface area contributed by atoms with Gasteiger partial charge in [-0.3, -0.25) is 0 Å². The lowest BCUT2D eigenvalue weighted by Gasteiger charge is -2.12. The fourth-order valence-electron chi connectivity index (χ4n) is 1.75. The van der Waals surface area contributed by atoms with E-state index in [2.05, 4.69) is 15.3 Å². The van der Waals surface area contributed by atoms with Crippen LogP contribution in [0.25, 0.3) is 0 Å². The molecule has 0 aliphatic carbocycles. The summed E-state index contributed by atoms with van der Waals surface area (Å²) in [6.45, 7) is 4.60. The Bertz CT molecular complexity index is 634. The van der Waals surface area contributed by atoms with E-state index in [4.69, 9.17) is 16.3 Å². The third kappa shape index (κ3) is 3.89. The molecule has 1 N–H and O–H groups in total. The maximum Gasteiger partial charge on any atom is 0.168 e. The summed E-state index contributed by atoms with van der Waals surface area (Å²) in [5.74, 6) is 1.47. The van der Waals surface area contributed by atoms with Crippen molar-refractivity contribution < 1.29 is 9.13 Å². The smallest absolute Gasteiger partial charge is 0.168 e. The van der Waals surface area contributed by atoms with Gasteiger partial charge in [0.1, 0.15) is 23.1 Å². The first kappa shape index (κ1) is 15.7. The zero-order valence-corrected chi connectivity index (χ0v) is 12.9. The molecule has 2 rings (SSSR count). The quantitative estimate of drug-likeness (QED) is 0.910. The molecule has 0 aliphatic rings. The van der Waals surface area contributed by atoms with E-state index in [9.17, 15) is 4.39 Å². The molecule has 0 fully saturated rings. The second-order valence-electron chi connectivity index (χ2n) is 4.90. The van der Waals surface area contributed by atoms with Gasteiger partial charge in [0.15, 0.2) is 5.75 Å². The summed E-state index contributed by atoms with van der Waals surface area (Å²) < 4.78 is 18.9. The predicted octanol–water partition coefficient (Wildman–Crippen LogP) is 3.90. The average Bonchev–Trinajstić information content (AvgIpc) is 2.45. The van der Waals surface area contributed by atoms with E-state index < -0.39 is 5.82 Å². The van der Waals surface area contributed by atoms with Gasteiger partial charge in [-0.2, -0.15) is 0 Å². The third-order valence-electron chi connectivity index (χ3n) is 2.83. The van der Waals surface area contributed by atoms with Crippen LogP contribution in [-0.2, 0) is 6.54 Å². The Morgan fingerprint density at radius 3 is 2.76 bits per heavy atom. The van der Waals surface area contributed by atoms with Crippen LogP contribution in [0.15, 0.2) is 24.4 Å². The van der Waals surface area contributed by atoms with Crippen LogP contribution in [0.4, 0.5) is 4.39 Å². The summed E-state index contributed by atoms with van der Waals surface area (Å²) in [5, 5.41) is 3.06. The van der Waals surface area contributed by atoms with E-state index in [1.165, 1.54) is 18.2 Å². The van der Waals surface area contributed by atoms with Crippen LogP contribution in [0.5, 0.6) is 11.5 Å². The average molecular weight is 310 g/mol. The van der Waals surface area contributed by atoms with Gasteiger partial charge < -0.3 is 10.1 Å². The minimum atomic E-state index is -0.481. The third-order valence-corrected chi connectivity index (χ3v) is 3.12. The van der Waals surface area contributed by atoms with Gasteiger partial charge >= 0.3 is 0 Å². The molecule has 0 atom stereocenters. The first-order chi connectivity index (χ1) is 10.0. The van der Waals surface area contributed by atoms with Crippen molar-refractivity contribution in [1.29, 1.82) is 0 Å². The highest BCUT2D eigenvalue weighted by molar-refractivity contribution is 6.30. The molecule has 21 heavy (non-hydrogen) atoms. The van der Waals surface area contributed by atoms with Crippen molar-refractivity contribution in [1.82, 2.24) is 15.3 Å². The first-order valence-electron chi connectivity index (χ1n) is 6.64.